The van der Waals surface area contributed by atoms with Crippen LogP contribution in [0.5, 0.6) is 0 Å². The van der Waals surface area contributed by atoms with Gasteiger partial charge in [0.2, 0.25) is 0 Å². The van der Waals surface area contributed by atoms with Gasteiger partial charge < -0.3 is 5.11 Å². The number of likely N-dealkylation sites (tertiary alicyclic amines) is 1. The lowest BCUT2D eigenvalue weighted by atomic mass is 9.76. The fourth-order valence-electron chi connectivity index (χ4n) is 3.23. The minimum Gasteiger partial charge on any atom is -0.481 e. The smallest absolute Gasteiger partial charge is 0.310 e. The second kappa shape index (κ2) is 7.12. The molecule has 1 aliphatic heterocycles. The lowest BCUT2D eigenvalue weighted by molar-refractivity contribution is -0.153. The van der Waals surface area contributed by atoms with E-state index in [0.29, 0.717) is 13.1 Å². The molecule has 1 aliphatic rings. The highest BCUT2D eigenvalue weighted by Crippen LogP contribution is 2.36. The Morgan fingerprint density at radius 1 is 1.52 bits per heavy atom. The minimum atomic E-state index is -0.658. The van der Waals surface area contributed by atoms with Crippen LogP contribution in [-0.2, 0) is 11.3 Å². The SMILES string of the molecule is CCCC1(C(=O)O)CCCN(Cc2cc(Br)ccc2Cl)C1. The lowest BCUT2D eigenvalue weighted by Gasteiger charge is -2.40. The number of rotatable bonds is 5. The summed E-state index contributed by atoms with van der Waals surface area (Å²) in [5.41, 5.74) is 0.453. The van der Waals surface area contributed by atoms with Crippen LogP contribution in [0.3, 0.4) is 0 Å². The van der Waals surface area contributed by atoms with Crippen molar-refractivity contribution in [1.82, 2.24) is 4.90 Å². The van der Waals surface area contributed by atoms with Gasteiger partial charge in [-0.3, -0.25) is 9.69 Å². The maximum Gasteiger partial charge on any atom is 0.310 e. The first kappa shape index (κ1) is 16.8. The number of hydrogen-bond acceptors (Lipinski definition) is 2. The van der Waals surface area contributed by atoms with Crippen LogP contribution < -0.4 is 0 Å². The van der Waals surface area contributed by atoms with Gasteiger partial charge in [-0.05, 0) is 49.6 Å². The predicted molar refractivity (Wildman–Crippen MR) is 88.6 cm³/mol. The highest BCUT2D eigenvalue weighted by molar-refractivity contribution is 9.10. The molecule has 5 heteroatoms. The maximum absolute atomic E-state index is 11.7. The molecule has 1 N–H and O–H groups in total. The molecule has 1 unspecified atom stereocenters. The number of piperidine rings is 1. The van der Waals surface area contributed by atoms with Crippen LogP contribution in [0.4, 0.5) is 0 Å². The van der Waals surface area contributed by atoms with Crippen LogP contribution in [0.25, 0.3) is 0 Å². The summed E-state index contributed by atoms with van der Waals surface area (Å²) in [4.78, 5) is 13.9. The molecule has 1 aromatic carbocycles. The molecule has 0 amide bonds. The highest BCUT2D eigenvalue weighted by Gasteiger charge is 2.41. The summed E-state index contributed by atoms with van der Waals surface area (Å²) >= 11 is 9.71. The molecule has 2 rings (SSSR count). The van der Waals surface area contributed by atoms with Crippen LogP contribution in [0.15, 0.2) is 22.7 Å². The van der Waals surface area contributed by atoms with E-state index in [1.165, 1.54) is 0 Å². The van der Waals surface area contributed by atoms with Gasteiger partial charge >= 0.3 is 5.97 Å². The molecule has 0 saturated carbocycles. The van der Waals surface area contributed by atoms with E-state index in [-0.39, 0.29) is 0 Å². The van der Waals surface area contributed by atoms with Crippen molar-refractivity contribution in [1.29, 1.82) is 0 Å². The van der Waals surface area contributed by atoms with Crippen molar-refractivity contribution in [3.05, 3.63) is 33.3 Å². The van der Waals surface area contributed by atoms with E-state index < -0.39 is 11.4 Å². The number of carboxylic acid groups (broad SMARTS) is 1. The first-order valence-corrected chi connectivity index (χ1v) is 8.53. The van der Waals surface area contributed by atoms with Crippen molar-refractivity contribution >= 4 is 33.5 Å². The predicted octanol–water partition coefficient (Wildman–Crippen LogP) is 4.57. The third kappa shape index (κ3) is 3.99. The van der Waals surface area contributed by atoms with E-state index in [4.69, 9.17) is 11.6 Å². The summed E-state index contributed by atoms with van der Waals surface area (Å²) in [6.45, 7) is 4.30. The van der Waals surface area contributed by atoms with Crippen molar-refractivity contribution < 1.29 is 9.90 Å². The van der Waals surface area contributed by atoms with E-state index in [9.17, 15) is 9.90 Å². The van der Waals surface area contributed by atoms with Crippen molar-refractivity contribution in [2.24, 2.45) is 5.41 Å². The Hall–Kier alpha value is -0.580. The van der Waals surface area contributed by atoms with Crippen LogP contribution in [0.2, 0.25) is 5.02 Å². The van der Waals surface area contributed by atoms with Gasteiger partial charge in [0.05, 0.1) is 5.41 Å². The summed E-state index contributed by atoms with van der Waals surface area (Å²) < 4.78 is 0.997. The Bertz CT molecular complexity index is 519. The molecule has 1 atom stereocenters. The zero-order valence-corrected chi connectivity index (χ0v) is 14.6. The van der Waals surface area contributed by atoms with Gasteiger partial charge in [-0.1, -0.05) is 40.9 Å². The summed E-state index contributed by atoms with van der Waals surface area (Å²) in [5, 5.41) is 10.4. The Kier molecular flexibility index (Phi) is 5.69. The van der Waals surface area contributed by atoms with Crippen molar-refractivity contribution in [3.8, 4) is 0 Å². The molecule has 21 heavy (non-hydrogen) atoms. The first-order valence-electron chi connectivity index (χ1n) is 7.36. The molecule has 1 heterocycles. The average Bonchev–Trinajstić information content (AvgIpc) is 2.43. The van der Waals surface area contributed by atoms with Crippen LogP contribution in [0, 0.1) is 5.41 Å². The van der Waals surface area contributed by atoms with Gasteiger partial charge in [-0.15, -0.1) is 0 Å². The molecule has 3 nitrogen and oxygen atoms in total. The fraction of sp³-hybridized carbons (Fsp3) is 0.562. The molecule has 1 saturated heterocycles. The Balaban J connectivity index is 2.13. The molecule has 0 aliphatic carbocycles. The van der Waals surface area contributed by atoms with Crippen LogP contribution in [-0.4, -0.2) is 29.1 Å². The molecule has 116 valence electrons. The van der Waals surface area contributed by atoms with Gasteiger partial charge in [-0.25, -0.2) is 0 Å². The van der Waals surface area contributed by atoms with Gasteiger partial charge in [0.25, 0.3) is 0 Å². The highest BCUT2D eigenvalue weighted by atomic mass is 79.9. The summed E-state index contributed by atoms with van der Waals surface area (Å²) in [6, 6.07) is 5.81. The normalized spacial score (nSPS) is 23.2. The molecule has 0 aromatic heterocycles. The zero-order chi connectivity index (χ0) is 15.5. The Morgan fingerprint density at radius 3 is 2.95 bits per heavy atom. The molecular formula is C16H21BrClNO2. The molecule has 0 spiro atoms. The molecular weight excluding hydrogens is 354 g/mol. The molecule has 0 bridgehead atoms. The maximum atomic E-state index is 11.7. The van der Waals surface area contributed by atoms with Gasteiger partial charge in [0.1, 0.15) is 0 Å². The fourth-order valence-corrected chi connectivity index (χ4v) is 3.82. The van der Waals surface area contributed by atoms with Crippen molar-refractivity contribution in [2.75, 3.05) is 13.1 Å². The number of hydrogen-bond donors (Lipinski definition) is 1. The topological polar surface area (TPSA) is 40.5 Å². The molecule has 1 aromatic rings. The van der Waals surface area contributed by atoms with Crippen molar-refractivity contribution in [3.63, 3.8) is 0 Å². The van der Waals surface area contributed by atoms with Crippen molar-refractivity contribution in [2.45, 2.75) is 39.2 Å². The van der Waals surface area contributed by atoms with E-state index >= 15 is 0 Å². The third-order valence-corrected chi connectivity index (χ3v) is 5.10. The number of benzene rings is 1. The minimum absolute atomic E-state index is 0.592. The first-order chi connectivity index (χ1) is 9.97. The largest absolute Gasteiger partial charge is 0.481 e. The molecule has 1 fully saturated rings. The lowest BCUT2D eigenvalue weighted by Crippen LogP contribution is -2.47. The zero-order valence-electron chi connectivity index (χ0n) is 12.2. The Labute approximate surface area is 139 Å². The van der Waals surface area contributed by atoms with Crippen LogP contribution in [0.1, 0.15) is 38.2 Å². The average molecular weight is 375 g/mol. The monoisotopic (exact) mass is 373 g/mol. The second-order valence-electron chi connectivity index (χ2n) is 5.89. The molecule has 0 radical (unpaired) electrons. The number of carbonyl (C=O) groups is 1. The second-order valence-corrected chi connectivity index (χ2v) is 7.21. The number of halogens is 2. The standard InChI is InChI=1S/C16H21BrClNO2/c1-2-6-16(15(20)21)7-3-8-19(11-16)10-12-9-13(17)4-5-14(12)18/h4-5,9H,2-3,6-8,10-11H2,1H3,(H,20,21). The van der Waals surface area contributed by atoms with Gasteiger partial charge in [0, 0.05) is 22.6 Å². The Morgan fingerprint density at radius 2 is 2.29 bits per heavy atom. The van der Waals surface area contributed by atoms with Gasteiger partial charge in [0.15, 0.2) is 0 Å². The number of carboxylic acids is 1. The van der Waals surface area contributed by atoms with Crippen LogP contribution >= 0.6 is 27.5 Å². The quantitative estimate of drug-likeness (QED) is 0.820. The van der Waals surface area contributed by atoms with Gasteiger partial charge in [-0.2, -0.15) is 0 Å². The van der Waals surface area contributed by atoms with E-state index in [0.717, 1.165) is 47.3 Å². The summed E-state index contributed by atoms with van der Waals surface area (Å²) in [6.07, 6.45) is 3.35. The van der Waals surface area contributed by atoms with E-state index in [1.807, 2.05) is 18.2 Å². The summed E-state index contributed by atoms with van der Waals surface area (Å²) in [5.74, 6) is -0.658. The van der Waals surface area contributed by atoms with E-state index in [1.54, 1.807) is 0 Å². The number of nitrogens with zero attached hydrogens (tertiary/aromatic N) is 1. The summed E-state index contributed by atoms with van der Waals surface area (Å²) in [7, 11) is 0. The third-order valence-electron chi connectivity index (χ3n) is 4.24. The number of aliphatic carboxylic acids is 1. The van der Waals surface area contributed by atoms with E-state index in [2.05, 4.69) is 27.8 Å².